The number of hydrogen-bond acceptors (Lipinski definition) is 5. The summed E-state index contributed by atoms with van der Waals surface area (Å²) in [5.74, 6) is -0.0975. The Balaban J connectivity index is 2.75. The van der Waals surface area contributed by atoms with Crippen LogP contribution in [-0.2, 0) is 4.74 Å². The van der Waals surface area contributed by atoms with E-state index < -0.39 is 12.1 Å². The van der Waals surface area contributed by atoms with Crippen LogP contribution in [0.2, 0.25) is 0 Å². The van der Waals surface area contributed by atoms with Crippen molar-refractivity contribution in [2.75, 3.05) is 20.3 Å². The molecule has 0 aliphatic rings. The van der Waals surface area contributed by atoms with Crippen molar-refractivity contribution in [3.8, 4) is 5.75 Å². The van der Waals surface area contributed by atoms with Gasteiger partial charge in [-0.05, 0) is 12.1 Å². The third kappa shape index (κ3) is 3.22. The molecule has 0 aliphatic heterocycles. The maximum absolute atomic E-state index is 11.4. The van der Waals surface area contributed by atoms with Crippen molar-refractivity contribution in [2.24, 2.45) is 5.73 Å². The van der Waals surface area contributed by atoms with E-state index in [2.05, 4.69) is 4.74 Å². The van der Waals surface area contributed by atoms with E-state index in [-0.39, 0.29) is 13.2 Å². The Hall–Kier alpha value is -1.59. The molecule has 0 aromatic heterocycles. The highest BCUT2D eigenvalue weighted by molar-refractivity contribution is 5.92. The molecule has 0 heterocycles. The van der Waals surface area contributed by atoms with Gasteiger partial charge in [-0.3, -0.25) is 0 Å². The molecule has 0 fully saturated rings. The summed E-state index contributed by atoms with van der Waals surface area (Å²) in [7, 11) is 1.30. The Morgan fingerprint density at radius 2 is 2.19 bits per heavy atom. The van der Waals surface area contributed by atoms with E-state index in [4.69, 9.17) is 10.5 Å². The third-order valence-corrected chi connectivity index (χ3v) is 2.00. The topological polar surface area (TPSA) is 81.8 Å². The fourth-order valence-corrected chi connectivity index (χ4v) is 1.13. The average Bonchev–Trinajstić information content (AvgIpc) is 2.35. The van der Waals surface area contributed by atoms with Crippen LogP contribution in [0.4, 0.5) is 0 Å². The fourth-order valence-electron chi connectivity index (χ4n) is 1.13. The number of aliphatic hydroxyl groups is 1. The van der Waals surface area contributed by atoms with Crippen LogP contribution in [0.25, 0.3) is 0 Å². The molecule has 5 heteroatoms. The van der Waals surface area contributed by atoms with Crippen molar-refractivity contribution in [2.45, 2.75) is 6.10 Å². The van der Waals surface area contributed by atoms with Gasteiger partial charge in [-0.1, -0.05) is 12.1 Å². The van der Waals surface area contributed by atoms with Gasteiger partial charge in [0.15, 0.2) is 0 Å². The number of carbonyl (C=O) groups excluding carboxylic acids is 1. The van der Waals surface area contributed by atoms with E-state index in [0.29, 0.717) is 11.3 Å². The average molecular weight is 225 g/mol. The number of para-hydroxylation sites is 1. The normalized spacial score (nSPS) is 11.9. The predicted molar refractivity (Wildman–Crippen MR) is 58.3 cm³/mol. The van der Waals surface area contributed by atoms with E-state index in [1.54, 1.807) is 24.3 Å². The van der Waals surface area contributed by atoms with Gasteiger partial charge in [0.05, 0.1) is 7.11 Å². The smallest absolute Gasteiger partial charge is 0.341 e. The van der Waals surface area contributed by atoms with E-state index in [1.807, 2.05) is 0 Å². The second-order valence-electron chi connectivity index (χ2n) is 3.19. The Labute approximate surface area is 93.8 Å². The lowest BCUT2D eigenvalue weighted by Crippen LogP contribution is -2.27. The van der Waals surface area contributed by atoms with Gasteiger partial charge in [-0.15, -0.1) is 0 Å². The van der Waals surface area contributed by atoms with Crippen molar-refractivity contribution in [3.63, 3.8) is 0 Å². The van der Waals surface area contributed by atoms with E-state index in [1.165, 1.54) is 7.11 Å². The molecule has 0 aliphatic carbocycles. The second-order valence-corrected chi connectivity index (χ2v) is 3.19. The van der Waals surface area contributed by atoms with Crippen molar-refractivity contribution < 1.29 is 19.4 Å². The van der Waals surface area contributed by atoms with E-state index >= 15 is 0 Å². The maximum atomic E-state index is 11.4. The molecule has 1 atom stereocenters. The summed E-state index contributed by atoms with van der Waals surface area (Å²) in [5, 5.41) is 9.24. The van der Waals surface area contributed by atoms with Gasteiger partial charge >= 0.3 is 5.97 Å². The van der Waals surface area contributed by atoms with Crippen molar-refractivity contribution >= 4 is 5.97 Å². The van der Waals surface area contributed by atoms with Gasteiger partial charge in [0.25, 0.3) is 0 Å². The molecular formula is C11H15NO4. The lowest BCUT2D eigenvalue weighted by molar-refractivity contribution is 0.0590. The fraction of sp³-hybridized carbons (Fsp3) is 0.364. The van der Waals surface area contributed by atoms with Crippen LogP contribution in [0.1, 0.15) is 10.4 Å². The van der Waals surface area contributed by atoms with Crippen molar-refractivity contribution in [1.82, 2.24) is 0 Å². The molecule has 0 bridgehead atoms. The Morgan fingerprint density at radius 1 is 1.50 bits per heavy atom. The number of ether oxygens (including phenoxy) is 2. The molecule has 0 radical (unpaired) electrons. The molecule has 3 N–H and O–H groups in total. The van der Waals surface area contributed by atoms with Crippen LogP contribution in [-0.4, -0.2) is 37.4 Å². The molecule has 0 spiro atoms. The minimum Gasteiger partial charge on any atom is -0.490 e. The van der Waals surface area contributed by atoms with Crippen LogP contribution < -0.4 is 10.5 Å². The number of rotatable bonds is 5. The lowest BCUT2D eigenvalue weighted by atomic mass is 10.2. The molecule has 1 rings (SSSR count). The largest absolute Gasteiger partial charge is 0.490 e. The summed E-state index contributed by atoms with van der Waals surface area (Å²) in [5.41, 5.74) is 5.57. The van der Waals surface area contributed by atoms with Crippen LogP contribution in [0.3, 0.4) is 0 Å². The summed E-state index contributed by atoms with van der Waals surface area (Å²) in [6.45, 7) is 0.158. The van der Waals surface area contributed by atoms with Gasteiger partial charge in [-0.25, -0.2) is 4.79 Å². The number of methoxy groups -OCH3 is 1. The number of carbonyl (C=O) groups is 1. The molecule has 1 aromatic rings. The van der Waals surface area contributed by atoms with Gasteiger partial charge in [-0.2, -0.15) is 0 Å². The zero-order valence-electron chi connectivity index (χ0n) is 9.05. The first-order valence-electron chi connectivity index (χ1n) is 4.87. The molecular weight excluding hydrogens is 210 g/mol. The molecule has 1 aromatic carbocycles. The first kappa shape index (κ1) is 12.5. The zero-order valence-corrected chi connectivity index (χ0v) is 9.05. The predicted octanol–water partition coefficient (Wildman–Crippen LogP) is 0.172. The Kier molecular flexibility index (Phi) is 4.75. The highest BCUT2D eigenvalue weighted by Crippen LogP contribution is 2.18. The summed E-state index contributed by atoms with van der Waals surface area (Å²) in [6.07, 6.45) is -0.745. The van der Waals surface area contributed by atoms with Gasteiger partial charge in [0, 0.05) is 6.54 Å². The summed E-state index contributed by atoms with van der Waals surface area (Å²) < 4.78 is 9.89. The van der Waals surface area contributed by atoms with Crippen molar-refractivity contribution in [3.05, 3.63) is 29.8 Å². The second kappa shape index (κ2) is 6.09. The first-order chi connectivity index (χ1) is 7.69. The minimum atomic E-state index is -0.745. The number of aliphatic hydroxyl groups excluding tert-OH is 1. The molecule has 1 unspecified atom stereocenters. The molecule has 16 heavy (non-hydrogen) atoms. The Bertz CT molecular complexity index is 354. The number of nitrogens with two attached hydrogens (primary N) is 1. The molecule has 5 nitrogen and oxygen atoms in total. The van der Waals surface area contributed by atoms with Crippen LogP contribution in [0.15, 0.2) is 24.3 Å². The van der Waals surface area contributed by atoms with Gasteiger partial charge < -0.3 is 20.3 Å². The summed E-state index contributed by atoms with van der Waals surface area (Å²) in [4.78, 5) is 11.4. The number of esters is 1. The highest BCUT2D eigenvalue weighted by Gasteiger charge is 2.12. The molecule has 0 amide bonds. The van der Waals surface area contributed by atoms with Crippen molar-refractivity contribution in [1.29, 1.82) is 0 Å². The minimum absolute atomic E-state index is 0.0461. The molecule has 0 saturated heterocycles. The maximum Gasteiger partial charge on any atom is 0.341 e. The molecule has 88 valence electrons. The van der Waals surface area contributed by atoms with E-state index in [9.17, 15) is 9.90 Å². The third-order valence-electron chi connectivity index (χ3n) is 2.00. The standard InChI is InChI=1S/C11H15NO4/c1-15-11(14)9-4-2-3-5-10(9)16-7-8(13)6-12/h2-5,8,13H,6-7,12H2,1H3. The van der Waals surface area contributed by atoms with Crippen LogP contribution in [0.5, 0.6) is 5.75 Å². The quantitative estimate of drug-likeness (QED) is 0.698. The van der Waals surface area contributed by atoms with Crippen LogP contribution in [0, 0.1) is 0 Å². The SMILES string of the molecule is COC(=O)c1ccccc1OCC(O)CN. The lowest BCUT2D eigenvalue weighted by Gasteiger charge is -2.12. The van der Waals surface area contributed by atoms with Crippen LogP contribution >= 0.6 is 0 Å². The number of hydrogen-bond donors (Lipinski definition) is 2. The highest BCUT2D eigenvalue weighted by atomic mass is 16.5. The Morgan fingerprint density at radius 3 is 2.81 bits per heavy atom. The first-order valence-corrected chi connectivity index (χ1v) is 4.87. The summed E-state index contributed by atoms with van der Waals surface area (Å²) in [6, 6.07) is 6.67. The molecule has 0 saturated carbocycles. The zero-order chi connectivity index (χ0) is 12.0. The van der Waals surface area contributed by atoms with Gasteiger partial charge in [0.1, 0.15) is 24.0 Å². The summed E-state index contributed by atoms with van der Waals surface area (Å²) >= 11 is 0. The monoisotopic (exact) mass is 225 g/mol. The van der Waals surface area contributed by atoms with E-state index in [0.717, 1.165) is 0 Å². The number of benzene rings is 1. The van der Waals surface area contributed by atoms with Gasteiger partial charge in [0.2, 0.25) is 0 Å².